The van der Waals surface area contributed by atoms with Crippen LogP contribution >= 0.6 is 23.2 Å². The quantitative estimate of drug-likeness (QED) is 0.728. The van der Waals surface area contributed by atoms with Crippen LogP contribution in [0.25, 0.3) is 11.0 Å². The molecule has 0 saturated heterocycles. The number of aliphatic hydroxyl groups is 1. The molecule has 0 aliphatic heterocycles. The maximum atomic E-state index is 10.8. The highest BCUT2D eigenvalue weighted by molar-refractivity contribution is 6.34. The van der Waals surface area contributed by atoms with E-state index in [2.05, 4.69) is 19.5 Å². The van der Waals surface area contributed by atoms with Crippen molar-refractivity contribution in [3.05, 3.63) is 52.3 Å². The maximum absolute atomic E-state index is 10.8. The first-order valence-electron chi connectivity index (χ1n) is 7.45. The van der Waals surface area contributed by atoms with E-state index < -0.39 is 6.10 Å². The minimum Gasteiger partial charge on any atom is -0.382 e. The molecule has 23 heavy (non-hydrogen) atoms. The summed E-state index contributed by atoms with van der Waals surface area (Å²) in [5, 5.41) is 12.3. The van der Waals surface area contributed by atoms with Gasteiger partial charge in [0.15, 0.2) is 0 Å². The van der Waals surface area contributed by atoms with Crippen molar-refractivity contribution >= 4 is 34.2 Å². The number of pyridine rings is 1. The molecule has 118 valence electrons. The van der Waals surface area contributed by atoms with Crippen molar-refractivity contribution in [1.82, 2.24) is 19.5 Å². The SMILES string of the molecule is OC(c1cc(Cl)ccn1)c1cn(C2CCC2)c2ncnc(Cl)c12. The van der Waals surface area contributed by atoms with Crippen LogP contribution in [0, 0.1) is 0 Å². The zero-order valence-corrected chi connectivity index (χ0v) is 13.7. The lowest BCUT2D eigenvalue weighted by Crippen LogP contribution is -2.16. The summed E-state index contributed by atoms with van der Waals surface area (Å²) in [5.74, 6) is 0. The molecule has 7 heteroatoms. The van der Waals surface area contributed by atoms with E-state index in [4.69, 9.17) is 23.2 Å². The number of hydrogen-bond acceptors (Lipinski definition) is 4. The van der Waals surface area contributed by atoms with Crippen LogP contribution in [0.3, 0.4) is 0 Å². The van der Waals surface area contributed by atoms with Crippen LogP contribution in [0.15, 0.2) is 30.9 Å². The van der Waals surface area contributed by atoms with Gasteiger partial charge in [0, 0.05) is 29.0 Å². The third kappa shape index (κ3) is 2.49. The minimum atomic E-state index is -0.930. The van der Waals surface area contributed by atoms with Gasteiger partial charge in [0.25, 0.3) is 0 Å². The summed E-state index contributed by atoms with van der Waals surface area (Å²) in [6.07, 6.45) is 7.44. The van der Waals surface area contributed by atoms with E-state index in [1.807, 2.05) is 6.20 Å². The Hall–Kier alpha value is -1.69. The molecule has 0 bridgehead atoms. The molecule has 0 radical (unpaired) electrons. The maximum Gasteiger partial charge on any atom is 0.145 e. The first-order chi connectivity index (χ1) is 11.1. The molecule has 4 rings (SSSR count). The Balaban J connectivity index is 1.89. The Morgan fingerprint density at radius 1 is 1.22 bits per heavy atom. The standard InChI is InChI=1S/C16H14Cl2N4O/c17-9-4-5-19-12(6-9)14(23)11-7-22(10-2-1-3-10)16-13(11)15(18)20-8-21-16/h4-8,10,14,23H,1-3H2. The van der Waals surface area contributed by atoms with E-state index in [1.165, 1.54) is 12.7 Å². The van der Waals surface area contributed by atoms with Crippen molar-refractivity contribution < 1.29 is 5.11 Å². The average molecular weight is 349 g/mol. The summed E-state index contributed by atoms with van der Waals surface area (Å²) in [7, 11) is 0. The summed E-state index contributed by atoms with van der Waals surface area (Å²) in [4.78, 5) is 12.6. The number of aliphatic hydroxyl groups excluding tert-OH is 1. The van der Waals surface area contributed by atoms with Crippen molar-refractivity contribution in [1.29, 1.82) is 0 Å². The zero-order valence-electron chi connectivity index (χ0n) is 12.2. The molecule has 1 N–H and O–H groups in total. The number of hydrogen-bond donors (Lipinski definition) is 1. The van der Waals surface area contributed by atoms with Crippen molar-refractivity contribution in [3.63, 3.8) is 0 Å². The molecule has 5 nitrogen and oxygen atoms in total. The molecular formula is C16H14Cl2N4O. The predicted molar refractivity (Wildman–Crippen MR) is 88.7 cm³/mol. The molecule has 0 spiro atoms. The molecule has 1 unspecified atom stereocenters. The Morgan fingerprint density at radius 3 is 2.74 bits per heavy atom. The molecule has 3 aromatic rings. The van der Waals surface area contributed by atoms with Crippen LogP contribution in [0.5, 0.6) is 0 Å². The Bertz CT molecular complexity index is 876. The zero-order chi connectivity index (χ0) is 16.0. The third-order valence-corrected chi connectivity index (χ3v) is 4.90. The van der Waals surface area contributed by atoms with Crippen molar-refractivity contribution in [2.75, 3.05) is 0 Å². The summed E-state index contributed by atoms with van der Waals surface area (Å²) < 4.78 is 2.09. The fraction of sp³-hybridized carbons (Fsp3) is 0.312. The van der Waals surface area contributed by atoms with Gasteiger partial charge in [0.05, 0.1) is 11.1 Å². The molecular weight excluding hydrogens is 335 g/mol. The highest BCUT2D eigenvalue weighted by atomic mass is 35.5. The lowest BCUT2D eigenvalue weighted by molar-refractivity contribution is 0.216. The van der Waals surface area contributed by atoms with Crippen LogP contribution in [-0.2, 0) is 0 Å². The first-order valence-corrected chi connectivity index (χ1v) is 8.21. The topological polar surface area (TPSA) is 63.8 Å². The van der Waals surface area contributed by atoms with Gasteiger partial charge in [-0.3, -0.25) is 4.98 Å². The fourth-order valence-electron chi connectivity index (χ4n) is 2.96. The Labute approximate surface area is 142 Å². The Morgan fingerprint density at radius 2 is 2.04 bits per heavy atom. The Kier molecular flexibility index (Phi) is 3.71. The summed E-state index contributed by atoms with van der Waals surface area (Å²) in [6, 6.07) is 3.72. The van der Waals surface area contributed by atoms with Gasteiger partial charge >= 0.3 is 0 Å². The lowest BCUT2D eigenvalue weighted by atomic mass is 9.93. The first kappa shape index (κ1) is 14.9. The van der Waals surface area contributed by atoms with Gasteiger partial charge in [0.2, 0.25) is 0 Å². The molecule has 1 fully saturated rings. The average Bonchev–Trinajstić information content (AvgIpc) is 2.86. The van der Waals surface area contributed by atoms with E-state index >= 15 is 0 Å². The fourth-order valence-corrected chi connectivity index (χ4v) is 3.36. The second-order valence-corrected chi connectivity index (χ2v) is 6.54. The van der Waals surface area contributed by atoms with Crippen LogP contribution in [0.4, 0.5) is 0 Å². The van der Waals surface area contributed by atoms with Crippen molar-refractivity contribution in [3.8, 4) is 0 Å². The summed E-state index contributed by atoms with van der Waals surface area (Å²) in [6.45, 7) is 0. The predicted octanol–water partition coefficient (Wildman–Crippen LogP) is 3.94. The molecule has 3 aromatic heterocycles. The van der Waals surface area contributed by atoms with Gasteiger partial charge in [0.1, 0.15) is 23.2 Å². The van der Waals surface area contributed by atoms with Gasteiger partial charge in [-0.15, -0.1) is 0 Å². The van der Waals surface area contributed by atoms with Crippen LogP contribution in [0.1, 0.15) is 42.7 Å². The number of fused-ring (bicyclic) bond motifs is 1. The number of nitrogens with zero attached hydrogens (tertiary/aromatic N) is 4. The largest absolute Gasteiger partial charge is 0.382 e. The number of aromatic nitrogens is 4. The van der Waals surface area contributed by atoms with Gasteiger partial charge in [-0.05, 0) is 31.4 Å². The highest BCUT2D eigenvalue weighted by Crippen LogP contribution is 2.39. The van der Waals surface area contributed by atoms with Crippen LogP contribution in [0.2, 0.25) is 10.2 Å². The summed E-state index contributed by atoms with van der Waals surface area (Å²) >= 11 is 12.3. The van der Waals surface area contributed by atoms with Gasteiger partial charge in [-0.1, -0.05) is 23.2 Å². The summed E-state index contributed by atoms with van der Waals surface area (Å²) in [5.41, 5.74) is 1.89. The monoisotopic (exact) mass is 348 g/mol. The minimum absolute atomic E-state index is 0.337. The lowest BCUT2D eigenvalue weighted by Gasteiger charge is -2.27. The molecule has 1 aliphatic rings. The van der Waals surface area contributed by atoms with E-state index in [9.17, 15) is 5.11 Å². The number of rotatable bonds is 3. The smallest absolute Gasteiger partial charge is 0.145 e. The molecule has 3 heterocycles. The third-order valence-electron chi connectivity index (χ3n) is 4.38. The normalized spacial score (nSPS) is 16.5. The second kappa shape index (κ2) is 5.74. The molecule has 0 amide bonds. The van der Waals surface area contributed by atoms with Crippen molar-refractivity contribution in [2.24, 2.45) is 0 Å². The second-order valence-electron chi connectivity index (χ2n) is 5.74. The van der Waals surface area contributed by atoms with Crippen molar-refractivity contribution in [2.45, 2.75) is 31.4 Å². The van der Waals surface area contributed by atoms with E-state index in [1.54, 1.807) is 18.3 Å². The molecule has 1 atom stereocenters. The van der Waals surface area contributed by atoms with E-state index in [0.29, 0.717) is 32.9 Å². The molecule has 1 saturated carbocycles. The van der Waals surface area contributed by atoms with Gasteiger partial charge in [-0.2, -0.15) is 0 Å². The van der Waals surface area contributed by atoms with Crippen LogP contribution < -0.4 is 0 Å². The van der Waals surface area contributed by atoms with Gasteiger partial charge < -0.3 is 9.67 Å². The molecule has 1 aliphatic carbocycles. The van der Waals surface area contributed by atoms with Gasteiger partial charge in [-0.25, -0.2) is 9.97 Å². The van der Waals surface area contributed by atoms with Crippen LogP contribution in [-0.4, -0.2) is 24.6 Å². The van der Waals surface area contributed by atoms with E-state index in [-0.39, 0.29) is 0 Å². The molecule has 0 aromatic carbocycles. The highest BCUT2D eigenvalue weighted by Gasteiger charge is 2.27. The number of halogens is 2. The van der Waals surface area contributed by atoms with E-state index in [0.717, 1.165) is 18.5 Å².